The number of pyridine rings is 1. The van der Waals surface area contributed by atoms with E-state index >= 15 is 0 Å². The summed E-state index contributed by atoms with van der Waals surface area (Å²) < 4.78 is 10.5. The summed E-state index contributed by atoms with van der Waals surface area (Å²) in [7, 11) is 0. The second-order valence-corrected chi connectivity index (χ2v) is 9.17. The first-order chi connectivity index (χ1) is 15.4. The molecule has 32 heavy (non-hydrogen) atoms. The normalized spacial score (nSPS) is 22.1. The molecule has 0 spiro atoms. The van der Waals surface area contributed by atoms with Crippen molar-refractivity contribution in [3.8, 4) is 5.88 Å². The minimum Gasteiger partial charge on any atom is -0.477 e. The van der Waals surface area contributed by atoms with E-state index in [1.807, 2.05) is 30.0 Å². The summed E-state index contributed by atoms with van der Waals surface area (Å²) in [5, 5.41) is 7.55. The zero-order chi connectivity index (χ0) is 22.6. The molecule has 172 valence electrons. The molecule has 2 aliphatic rings. The van der Waals surface area contributed by atoms with E-state index < -0.39 is 5.41 Å². The quantitative estimate of drug-likeness (QED) is 0.678. The molecule has 0 radical (unpaired) electrons. The molecule has 0 aliphatic carbocycles. The van der Waals surface area contributed by atoms with Crippen LogP contribution in [0.5, 0.6) is 5.88 Å². The van der Waals surface area contributed by atoms with Crippen LogP contribution in [-0.2, 0) is 16.0 Å². The van der Waals surface area contributed by atoms with Gasteiger partial charge in [-0.2, -0.15) is 0 Å². The van der Waals surface area contributed by atoms with Crippen LogP contribution in [0.15, 0.2) is 29.0 Å². The van der Waals surface area contributed by atoms with Gasteiger partial charge in [-0.15, -0.1) is 0 Å². The van der Waals surface area contributed by atoms with E-state index in [1.165, 1.54) is 0 Å². The molecule has 0 saturated carbocycles. The highest BCUT2D eigenvalue weighted by molar-refractivity contribution is 5.85. The smallest absolute Gasteiger partial charge is 0.230 e. The standard InChI is InChI=1S/C23H31N5O4/c1-17-19(26-32-25-17)14-21(29)28-11-5-9-23(2,16-28)22(30)27-12-7-18(8-13-27)15-31-20-6-3-4-10-24-20/h3-4,6,10,18H,5,7-9,11-16H2,1-2H3/t23-/m1/s1. The van der Waals surface area contributed by atoms with E-state index in [4.69, 9.17) is 9.37 Å². The number of hydrogen-bond acceptors (Lipinski definition) is 7. The molecule has 2 aromatic heterocycles. The number of rotatable bonds is 6. The maximum Gasteiger partial charge on any atom is 0.230 e. The van der Waals surface area contributed by atoms with Crippen molar-refractivity contribution in [3.63, 3.8) is 0 Å². The van der Waals surface area contributed by atoms with Crippen LogP contribution >= 0.6 is 0 Å². The molecule has 2 saturated heterocycles. The Bertz CT molecular complexity index is 925. The lowest BCUT2D eigenvalue weighted by atomic mass is 9.79. The highest BCUT2D eigenvalue weighted by atomic mass is 16.6. The number of carbonyl (C=O) groups excluding carboxylic acids is 2. The molecule has 4 rings (SSSR count). The Balaban J connectivity index is 1.28. The number of ether oxygens (including phenoxy) is 1. The average Bonchev–Trinajstić information content (AvgIpc) is 3.22. The maximum atomic E-state index is 13.4. The summed E-state index contributed by atoms with van der Waals surface area (Å²) >= 11 is 0. The molecular formula is C23H31N5O4. The van der Waals surface area contributed by atoms with Crippen LogP contribution in [0.25, 0.3) is 0 Å². The summed E-state index contributed by atoms with van der Waals surface area (Å²) in [4.78, 5) is 34.2. The molecule has 2 fully saturated rings. The number of carbonyl (C=O) groups is 2. The number of amides is 2. The van der Waals surface area contributed by atoms with E-state index in [-0.39, 0.29) is 18.2 Å². The molecule has 0 aromatic carbocycles. The monoisotopic (exact) mass is 441 g/mol. The first-order valence-corrected chi connectivity index (χ1v) is 11.3. The molecule has 4 heterocycles. The van der Waals surface area contributed by atoms with E-state index in [1.54, 1.807) is 18.0 Å². The fourth-order valence-electron chi connectivity index (χ4n) is 4.61. The molecule has 0 bridgehead atoms. The summed E-state index contributed by atoms with van der Waals surface area (Å²) in [6, 6.07) is 5.63. The fraction of sp³-hybridized carbons (Fsp3) is 0.609. The van der Waals surface area contributed by atoms with Crippen LogP contribution in [0, 0.1) is 18.3 Å². The van der Waals surface area contributed by atoms with Gasteiger partial charge in [-0.3, -0.25) is 9.59 Å². The van der Waals surface area contributed by atoms with E-state index in [2.05, 4.69) is 15.3 Å². The Hall–Kier alpha value is -2.97. The zero-order valence-corrected chi connectivity index (χ0v) is 18.8. The molecule has 1 atom stereocenters. The van der Waals surface area contributed by atoms with Gasteiger partial charge in [0, 0.05) is 38.4 Å². The van der Waals surface area contributed by atoms with Crippen molar-refractivity contribution in [1.82, 2.24) is 25.1 Å². The number of aryl methyl sites for hydroxylation is 1. The minimum absolute atomic E-state index is 0.0343. The first-order valence-electron chi connectivity index (χ1n) is 11.3. The molecule has 0 unspecified atom stereocenters. The largest absolute Gasteiger partial charge is 0.477 e. The van der Waals surface area contributed by atoms with Gasteiger partial charge in [0.25, 0.3) is 0 Å². The Morgan fingerprint density at radius 1 is 1.19 bits per heavy atom. The second kappa shape index (κ2) is 9.67. The van der Waals surface area contributed by atoms with Crippen LogP contribution in [0.1, 0.15) is 44.0 Å². The van der Waals surface area contributed by atoms with Gasteiger partial charge in [0.05, 0.1) is 18.4 Å². The van der Waals surface area contributed by atoms with E-state index in [0.717, 1.165) is 38.8 Å². The summed E-state index contributed by atoms with van der Waals surface area (Å²) in [6.07, 6.45) is 5.31. The van der Waals surface area contributed by atoms with Crippen molar-refractivity contribution < 1.29 is 19.0 Å². The van der Waals surface area contributed by atoms with Crippen molar-refractivity contribution in [1.29, 1.82) is 0 Å². The van der Waals surface area contributed by atoms with Crippen molar-refractivity contribution in [2.24, 2.45) is 11.3 Å². The van der Waals surface area contributed by atoms with Gasteiger partial charge >= 0.3 is 0 Å². The Labute approximate surface area is 188 Å². The van der Waals surface area contributed by atoms with Gasteiger partial charge < -0.3 is 14.5 Å². The predicted octanol–water partition coefficient (Wildman–Crippen LogP) is 2.26. The van der Waals surface area contributed by atoms with Gasteiger partial charge in [-0.25, -0.2) is 9.61 Å². The zero-order valence-electron chi connectivity index (χ0n) is 18.8. The molecule has 0 N–H and O–H groups in total. The second-order valence-electron chi connectivity index (χ2n) is 9.17. The highest BCUT2D eigenvalue weighted by Crippen LogP contribution is 2.33. The molecule has 2 aliphatic heterocycles. The van der Waals surface area contributed by atoms with Crippen molar-refractivity contribution in [2.45, 2.75) is 46.0 Å². The lowest BCUT2D eigenvalue weighted by Crippen LogP contribution is -2.54. The Morgan fingerprint density at radius 3 is 2.69 bits per heavy atom. The maximum absolute atomic E-state index is 13.4. The fourth-order valence-corrected chi connectivity index (χ4v) is 4.61. The van der Waals surface area contributed by atoms with Crippen molar-refractivity contribution in [2.75, 3.05) is 32.8 Å². The molecule has 9 heteroatoms. The van der Waals surface area contributed by atoms with E-state index in [9.17, 15) is 9.59 Å². The number of aromatic nitrogens is 3. The lowest BCUT2D eigenvalue weighted by molar-refractivity contribution is -0.149. The number of nitrogens with zero attached hydrogens (tertiary/aromatic N) is 5. The Kier molecular flexibility index (Phi) is 6.72. The Morgan fingerprint density at radius 2 is 2.00 bits per heavy atom. The summed E-state index contributed by atoms with van der Waals surface area (Å²) in [6.45, 7) is 6.94. The van der Waals surface area contributed by atoms with Gasteiger partial charge in [0.1, 0.15) is 11.4 Å². The number of likely N-dealkylation sites (tertiary alicyclic amines) is 2. The highest BCUT2D eigenvalue weighted by Gasteiger charge is 2.42. The third-order valence-corrected chi connectivity index (χ3v) is 6.64. The molecular weight excluding hydrogens is 410 g/mol. The van der Waals surface area contributed by atoms with Gasteiger partial charge in [0.2, 0.25) is 17.7 Å². The number of piperidine rings is 2. The molecule has 9 nitrogen and oxygen atoms in total. The third-order valence-electron chi connectivity index (χ3n) is 6.64. The first kappa shape index (κ1) is 22.2. The van der Waals surface area contributed by atoms with Crippen LogP contribution in [0.3, 0.4) is 0 Å². The van der Waals surface area contributed by atoms with Crippen LogP contribution in [0.4, 0.5) is 0 Å². The number of hydrogen-bond donors (Lipinski definition) is 0. The van der Waals surface area contributed by atoms with Crippen LogP contribution in [-0.4, -0.2) is 69.7 Å². The lowest BCUT2D eigenvalue weighted by Gasteiger charge is -2.43. The average molecular weight is 442 g/mol. The molecule has 2 aromatic rings. The summed E-state index contributed by atoms with van der Waals surface area (Å²) in [5.41, 5.74) is 0.634. The van der Waals surface area contributed by atoms with Crippen LogP contribution in [0.2, 0.25) is 0 Å². The third kappa shape index (κ3) is 5.08. The van der Waals surface area contributed by atoms with E-state index in [0.29, 0.717) is 42.9 Å². The topological polar surface area (TPSA) is 102 Å². The van der Waals surface area contributed by atoms with Crippen LogP contribution < -0.4 is 4.74 Å². The van der Waals surface area contributed by atoms with Gasteiger partial charge in [-0.05, 0) is 51.5 Å². The SMILES string of the molecule is Cc1nonc1CC(=O)N1CCC[C@@](C)(C(=O)N2CCC(COc3ccccn3)CC2)C1. The van der Waals surface area contributed by atoms with Crippen molar-refractivity contribution in [3.05, 3.63) is 35.8 Å². The summed E-state index contributed by atoms with van der Waals surface area (Å²) in [5.74, 6) is 1.17. The molecule has 2 amide bonds. The van der Waals surface area contributed by atoms with Gasteiger partial charge in [0.15, 0.2) is 0 Å². The minimum atomic E-state index is -0.553. The van der Waals surface area contributed by atoms with Gasteiger partial charge in [-0.1, -0.05) is 16.4 Å². The predicted molar refractivity (Wildman–Crippen MR) is 116 cm³/mol. The van der Waals surface area contributed by atoms with Crippen molar-refractivity contribution >= 4 is 11.8 Å².